The van der Waals surface area contributed by atoms with Crippen molar-refractivity contribution in [2.75, 3.05) is 20.2 Å². The number of hydrogen-bond acceptors (Lipinski definition) is 3. The van der Waals surface area contributed by atoms with Gasteiger partial charge < -0.3 is 20.5 Å². The van der Waals surface area contributed by atoms with Gasteiger partial charge in [-0.05, 0) is 32.1 Å². The molecule has 0 aromatic carbocycles. The van der Waals surface area contributed by atoms with Crippen LogP contribution in [0.3, 0.4) is 0 Å². The predicted octanol–water partition coefficient (Wildman–Crippen LogP) is 1.89. The summed E-state index contributed by atoms with van der Waals surface area (Å²) >= 11 is 0. The fraction of sp³-hybridized carbons (Fsp3) is 0.857. The molecule has 0 aromatic rings. The van der Waals surface area contributed by atoms with Gasteiger partial charge in [-0.15, -0.1) is 0 Å². The molecule has 0 aromatic heterocycles. The SMILES string of the molecule is COC1(CNC(=O)NCCCCCCC(=O)O)CCC1. The number of aliphatic carboxylic acids is 1. The molecule has 6 heteroatoms. The van der Waals surface area contributed by atoms with Gasteiger partial charge >= 0.3 is 12.0 Å². The van der Waals surface area contributed by atoms with E-state index >= 15 is 0 Å². The van der Waals surface area contributed by atoms with Crippen LogP contribution in [0.25, 0.3) is 0 Å². The number of amides is 2. The van der Waals surface area contributed by atoms with Crippen LogP contribution in [0.2, 0.25) is 0 Å². The van der Waals surface area contributed by atoms with E-state index in [-0.39, 0.29) is 18.1 Å². The van der Waals surface area contributed by atoms with Crippen LogP contribution in [-0.2, 0) is 9.53 Å². The molecular weight excluding hydrogens is 260 g/mol. The van der Waals surface area contributed by atoms with E-state index in [4.69, 9.17) is 9.84 Å². The van der Waals surface area contributed by atoms with E-state index in [9.17, 15) is 9.59 Å². The van der Waals surface area contributed by atoms with Crippen LogP contribution >= 0.6 is 0 Å². The summed E-state index contributed by atoms with van der Waals surface area (Å²) in [7, 11) is 1.69. The molecule has 0 heterocycles. The van der Waals surface area contributed by atoms with Gasteiger partial charge in [0.25, 0.3) is 0 Å². The Balaban J connectivity index is 1.94. The van der Waals surface area contributed by atoms with Crippen LogP contribution in [0.4, 0.5) is 4.79 Å². The molecule has 1 fully saturated rings. The smallest absolute Gasteiger partial charge is 0.314 e. The number of carboxylic acids is 1. The van der Waals surface area contributed by atoms with Crippen molar-refractivity contribution in [1.82, 2.24) is 10.6 Å². The molecule has 1 saturated carbocycles. The van der Waals surface area contributed by atoms with Crippen LogP contribution in [0, 0.1) is 0 Å². The van der Waals surface area contributed by atoms with Crippen LogP contribution in [-0.4, -0.2) is 42.9 Å². The normalized spacial score (nSPS) is 16.2. The zero-order chi connectivity index (χ0) is 14.8. The first-order valence-electron chi connectivity index (χ1n) is 7.37. The highest BCUT2D eigenvalue weighted by atomic mass is 16.5. The second-order valence-electron chi connectivity index (χ2n) is 5.41. The zero-order valence-electron chi connectivity index (χ0n) is 12.2. The van der Waals surface area contributed by atoms with E-state index in [0.717, 1.165) is 38.5 Å². The van der Waals surface area contributed by atoms with Crippen molar-refractivity contribution >= 4 is 12.0 Å². The third-order valence-electron chi connectivity index (χ3n) is 3.87. The number of hydrogen-bond donors (Lipinski definition) is 3. The molecule has 3 N–H and O–H groups in total. The first kappa shape index (κ1) is 16.8. The molecule has 0 bridgehead atoms. The first-order chi connectivity index (χ1) is 9.58. The lowest BCUT2D eigenvalue weighted by Crippen LogP contribution is -2.51. The van der Waals surface area contributed by atoms with Crippen molar-refractivity contribution in [1.29, 1.82) is 0 Å². The number of unbranched alkanes of at least 4 members (excludes halogenated alkanes) is 3. The number of carbonyl (C=O) groups excluding carboxylic acids is 1. The van der Waals surface area contributed by atoms with Crippen molar-refractivity contribution in [2.24, 2.45) is 0 Å². The van der Waals surface area contributed by atoms with Gasteiger partial charge in [-0.3, -0.25) is 4.79 Å². The van der Waals surface area contributed by atoms with E-state index < -0.39 is 5.97 Å². The Morgan fingerprint density at radius 2 is 1.85 bits per heavy atom. The number of urea groups is 1. The Kier molecular flexibility index (Phi) is 7.36. The average molecular weight is 286 g/mol. The zero-order valence-corrected chi connectivity index (χ0v) is 12.2. The lowest BCUT2D eigenvalue weighted by Gasteiger charge is -2.40. The molecule has 1 aliphatic carbocycles. The van der Waals surface area contributed by atoms with Crippen molar-refractivity contribution in [3.63, 3.8) is 0 Å². The lowest BCUT2D eigenvalue weighted by atomic mass is 9.80. The largest absolute Gasteiger partial charge is 0.481 e. The summed E-state index contributed by atoms with van der Waals surface area (Å²) < 4.78 is 5.42. The van der Waals surface area contributed by atoms with Gasteiger partial charge in [0.2, 0.25) is 0 Å². The molecular formula is C14H26N2O4. The summed E-state index contributed by atoms with van der Waals surface area (Å²) in [6, 6.07) is -0.154. The highest BCUT2D eigenvalue weighted by Crippen LogP contribution is 2.34. The van der Waals surface area contributed by atoms with Crippen LogP contribution < -0.4 is 10.6 Å². The van der Waals surface area contributed by atoms with Crippen molar-refractivity contribution in [3.8, 4) is 0 Å². The standard InChI is InChI=1S/C14H26N2O4/c1-20-14(8-6-9-14)11-16-13(19)15-10-5-3-2-4-7-12(17)18/h2-11H2,1H3,(H,17,18)(H2,15,16,19). The van der Waals surface area contributed by atoms with Gasteiger partial charge in [-0.1, -0.05) is 12.8 Å². The maximum Gasteiger partial charge on any atom is 0.314 e. The van der Waals surface area contributed by atoms with Gasteiger partial charge in [0.15, 0.2) is 0 Å². The minimum atomic E-state index is -0.745. The minimum Gasteiger partial charge on any atom is -0.481 e. The van der Waals surface area contributed by atoms with Crippen LogP contribution in [0.15, 0.2) is 0 Å². The van der Waals surface area contributed by atoms with Gasteiger partial charge in [0, 0.05) is 26.6 Å². The van der Waals surface area contributed by atoms with Crippen molar-refractivity contribution in [3.05, 3.63) is 0 Å². The predicted molar refractivity (Wildman–Crippen MR) is 75.7 cm³/mol. The van der Waals surface area contributed by atoms with E-state index in [1.165, 1.54) is 0 Å². The van der Waals surface area contributed by atoms with Gasteiger partial charge in [-0.25, -0.2) is 4.79 Å². The Hall–Kier alpha value is -1.30. The molecule has 0 aliphatic heterocycles. The fourth-order valence-corrected chi connectivity index (χ4v) is 2.28. The lowest BCUT2D eigenvalue weighted by molar-refractivity contribution is -0.137. The molecule has 1 aliphatic rings. The molecule has 2 amide bonds. The van der Waals surface area contributed by atoms with Gasteiger partial charge in [0.1, 0.15) is 0 Å². The Morgan fingerprint density at radius 3 is 2.40 bits per heavy atom. The summed E-state index contributed by atoms with van der Waals surface area (Å²) in [5.74, 6) is -0.745. The molecule has 1 rings (SSSR count). The Labute approximate surface area is 120 Å². The summed E-state index contributed by atoms with van der Waals surface area (Å²) in [5, 5.41) is 14.1. The molecule has 0 saturated heterocycles. The molecule has 0 unspecified atom stereocenters. The Bertz CT molecular complexity index is 311. The summed E-state index contributed by atoms with van der Waals surface area (Å²) in [6.07, 6.45) is 6.82. The third-order valence-corrected chi connectivity index (χ3v) is 3.87. The number of rotatable bonds is 10. The highest BCUT2D eigenvalue weighted by molar-refractivity contribution is 5.73. The van der Waals surface area contributed by atoms with Crippen LogP contribution in [0.1, 0.15) is 51.4 Å². The number of ether oxygens (including phenoxy) is 1. The van der Waals surface area contributed by atoms with Gasteiger partial charge in [0.05, 0.1) is 5.60 Å². The topological polar surface area (TPSA) is 87.7 Å². The summed E-state index contributed by atoms with van der Waals surface area (Å²) in [5.41, 5.74) is -0.145. The number of carboxylic acid groups (broad SMARTS) is 1. The number of nitrogens with one attached hydrogen (secondary N) is 2. The van der Waals surface area contributed by atoms with E-state index in [1.54, 1.807) is 7.11 Å². The van der Waals surface area contributed by atoms with Crippen molar-refractivity contribution < 1.29 is 19.4 Å². The van der Waals surface area contributed by atoms with Crippen LogP contribution in [0.5, 0.6) is 0 Å². The quantitative estimate of drug-likeness (QED) is 0.535. The molecule has 0 spiro atoms. The summed E-state index contributed by atoms with van der Waals surface area (Å²) in [4.78, 5) is 21.9. The maximum absolute atomic E-state index is 11.6. The van der Waals surface area contributed by atoms with Gasteiger partial charge in [-0.2, -0.15) is 0 Å². The van der Waals surface area contributed by atoms with E-state index in [0.29, 0.717) is 19.5 Å². The third kappa shape index (κ3) is 6.23. The molecule has 116 valence electrons. The molecule has 6 nitrogen and oxygen atoms in total. The maximum atomic E-state index is 11.6. The molecule has 0 radical (unpaired) electrons. The second-order valence-corrected chi connectivity index (χ2v) is 5.41. The molecule has 0 atom stereocenters. The number of carbonyl (C=O) groups is 2. The van der Waals surface area contributed by atoms with E-state index in [1.807, 2.05) is 0 Å². The monoisotopic (exact) mass is 286 g/mol. The second kappa shape index (κ2) is 8.79. The number of methoxy groups -OCH3 is 1. The average Bonchev–Trinajstić information content (AvgIpc) is 2.36. The van der Waals surface area contributed by atoms with Crippen molar-refractivity contribution in [2.45, 2.75) is 57.0 Å². The molecule has 20 heavy (non-hydrogen) atoms. The first-order valence-corrected chi connectivity index (χ1v) is 7.37. The minimum absolute atomic E-state index is 0.145. The fourth-order valence-electron chi connectivity index (χ4n) is 2.28. The summed E-state index contributed by atoms with van der Waals surface area (Å²) in [6.45, 7) is 1.19. The van der Waals surface area contributed by atoms with E-state index in [2.05, 4.69) is 10.6 Å². The highest BCUT2D eigenvalue weighted by Gasteiger charge is 2.37. The Morgan fingerprint density at radius 1 is 1.15 bits per heavy atom.